The Morgan fingerprint density at radius 3 is 1.76 bits per heavy atom. The minimum absolute atomic E-state index is 0. The third-order valence-corrected chi connectivity index (χ3v) is 4.07. The summed E-state index contributed by atoms with van der Waals surface area (Å²) in [4.78, 5) is 0. The van der Waals surface area contributed by atoms with Gasteiger partial charge in [0.15, 0.2) is 6.29 Å². The van der Waals surface area contributed by atoms with Gasteiger partial charge in [-0.15, -0.1) is 0 Å². The second kappa shape index (κ2) is 10.9. The molecule has 0 unspecified atom stereocenters. The van der Waals surface area contributed by atoms with Gasteiger partial charge in [-0.05, 0) is 0 Å². The standard InChI is InChI=1S/C12H22O11.2Na.2H/c13-1-4-6(16)8(18)9(19)11(21-4)23-12(3-15)10(20)7(17)5(2-14)22-12;;;;/h4-11,13-20H,1-3H2;;;;/t4-,5-,6-,7-,8+,9-,10+,11-,12+;;;;/m1..../s1. The topological polar surface area (TPSA) is 190 Å². The van der Waals surface area contributed by atoms with Gasteiger partial charge in [0.05, 0.1) is 13.2 Å². The Balaban J connectivity index is 0.00000288. The van der Waals surface area contributed by atoms with Crippen molar-refractivity contribution >= 4 is 59.1 Å². The Kier molecular flexibility index (Phi) is 11.6. The van der Waals surface area contributed by atoms with Crippen molar-refractivity contribution in [3.63, 3.8) is 0 Å². The molecule has 2 aliphatic heterocycles. The summed E-state index contributed by atoms with van der Waals surface area (Å²) in [5.41, 5.74) is 0. The molecule has 0 radical (unpaired) electrons. The van der Waals surface area contributed by atoms with Gasteiger partial charge in [-0.1, -0.05) is 0 Å². The van der Waals surface area contributed by atoms with E-state index in [1.807, 2.05) is 0 Å². The van der Waals surface area contributed by atoms with Gasteiger partial charge < -0.3 is 55.1 Å². The number of aliphatic hydroxyl groups excluding tert-OH is 8. The number of hydrogen-bond donors (Lipinski definition) is 8. The van der Waals surface area contributed by atoms with Crippen LogP contribution in [0.2, 0.25) is 0 Å². The van der Waals surface area contributed by atoms with Gasteiger partial charge in [0.25, 0.3) is 0 Å². The van der Waals surface area contributed by atoms with E-state index in [0.717, 1.165) is 0 Å². The molecular weight excluding hydrogens is 366 g/mol. The van der Waals surface area contributed by atoms with Gasteiger partial charge >= 0.3 is 59.1 Å². The fourth-order valence-electron chi connectivity index (χ4n) is 2.63. The zero-order valence-corrected chi connectivity index (χ0v) is 12.0. The van der Waals surface area contributed by atoms with Gasteiger partial charge in [-0.2, -0.15) is 0 Å². The zero-order valence-electron chi connectivity index (χ0n) is 12.0. The van der Waals surface area contributed by atoms with Crippen LogP contribution >= 0.6 is 0 Å². The molecule has 2 saturated heterocycles. The summed E-state index contributed by atoms with van der Waals surface area (Å²) in [6, 6.07) is 0. The quantitative estimate of drug-likeness (QED) is 0.208. The predicted octanol–water partition coefficient (Wildman–Crippen LogP) is -6.69. The summed E-state index contributed by atoms with van der Waals surface area (Å²) in [6.45, 7) is -2.32. The summed E-state index contributed by atoms with van der Waals surface area (Å²) in [5, 5.41) is 76.7. The molecule has 11 nitrogen and oxygen atoms in total. The molecule has 0 saturated carbocycles. The number of aliphatic hydroxyl groups is 8. The molecule has 8 N–H and O–H groups in total. The van der Waals surface area contributed by atoms with Crippen LogP contribution in [0.4, 0.5) is 0 Å². The minimum atomic E-state index is -2.22. The summed E-state index contributed by atoms with van der Waals surface area (Å²) >= 11 is 0. The van der Waals surface area contributed by atoms with E-state index in [9.17, 15) is 30.6 Å². The second-order valence-electron chi connectivity index (χ2n) is 5.56. The molecule has 0 aromatic carbocycles. The molecule has 13 heteroatoms. The molecule has 0 aromatic rings. The monoisotopic (exact) mass is 390 g/mol. The molecule has 0 bridgehead atoms. The first-order valence-electron chi connectivity index (χ1n) is 7.05. The van der Waals surface area contributed by atoms with E-state index in [0.29, 0.717) is 0 Å². The molecule has 9 atom stereocenters. The molecule has 0 spiro atoms. The van der Waals surface area contributed by atoms with Gasteiger partial charge in [-0.25, -0.2) is 0 Å². The molecule has 2 aliphatic rings. The van der Waals surface area contributed by atoms with E-state index in [4.69, 9.17) is 24.4 Å². The van der Waals surface area contributed by atoms with Crippen LogP contribution < -0.4 is 0 Å². The molecule has 140 valence electrons. The Labute approximate surface area is 187 Å². The molecule has 0 amide bonds. The van der Waals surface area contributed by atoms with Crippen molar-refractivity contribution in [2.45, 2.75) is 54.8 Å². The molecule has 0 aliphatic carbocycles. The summed E-state index contributed by atoms with van der Waals surface area (Å²) in [6.07, 6.45) is -12.7. The van der Waals surface area contributed by atoms with Crippen LogP contribution in [-0.2, 0) is 14.2 Å². The maximum absolute atomic E-state index is 10.00. The Morgan fingerprint density at radius 2 is 1.32 bits per heavy atom. The fourth-order valence-corrected chi connectivity index (χ4v) is 2.63. The fraction of sp³-hybridized carbons (Fsp3) is 1.00. The van der Waals surface area contributed by atoms with E-state index < -0.39 is 74.6 Å². The first kappa shape index (κ1) is 26.6. The van der Waals surface area contributed by atoms with E-state index in [1.165, 1.54) is 0 Å². The van der Waals surface area contributed by atoms with Crippen LogP contribution in [0.3, 0.4) is 0 Å². The second-order valence-corrected chi connectivity index (χ2v) is 5.56. The average molecular weight is 390 g/mol. The number of ether oxygens (including phenoxy) is 3. The van der Waals surface area contributed by atoms with Crippen molar-refractivity contribution in [2.75, 3.05) is 19.8 Å². The van der Waals surface area contributed by atoms with Gasteiger partial charge in [-0.3, -0.25) is 0 Å². The predicted molar refractivity (Wildman–Crippen MR) is 82.9 cm³/mol. The molecule has 2 rings (SSSR count). The van der Waals surface area contributed by atoms with E-state index in [-0.39, 0.29) is 59.1 Å². The van der Waals surface area contributed by atoms with Crippen molar-refractivity contribution in [3.8, 4) is 0 Å². The maximum atomic E-state index is 10.00. The van der Waals surface area contributed by atoms with Crippen LogP contribution in [0.1, 0.15) is 0 Å². The Bertz CT molecular complexity index is 403. The summed E-state index contributed by atoms with van der Waals surface area (Å²) in [7, 11) is 0. The van der Waals surface area contributed by atoms with Crippen molar-refractivity contribution < 1.29 is 55.1 Å². The van der Waals surface area contributed by atoms with Gasteiger partial charge in [0.1, 0.15) is 49.3 Å². The first-order valence-corrected chi connectivity index (χ1v) is 7.05. The van der Waals surface area contributed by atoms with Crippen molar-refractivity contribution in [1.29, 1.82) is 0 Å². The van der Waals surface area contributed by atoms with Crippen LogP contribution in [0.25, 0.3) is 0 Å². The molecule has 0 aromatic heterocycles. The molecule has 2 fully saturated rings. The molecular formula is C12H24Na2O11. The van der Waals surface area contributed by atoms with E-state index >= 15 is 0 Å². The van der Waals surface area contributed by atoms with Crippen molar-refractivity contribution in [2.24, 2.45) is 0 Å². The average Bonchev–Trinajstić information content (AvgIpc) is 2.80. The molecule has 25 heavy (non-hydrogen) atoms. The SMILES string of the molecule is OC[C@H]1O[C@@](CO)(O[C@H]2O[C@H](CO)[C@@H](O)[C@H](O)[C@H]2O)[C@@H](O)[C@@H]1O.[NaH].[NaH]. The van der Waals surface area contributed by atoms with Crippen LogP contribution in [0.15, 0.2) is 0 Å². The van der Waals surface area contributed by atoms with Gasteiger partial charge in [0, 0.05) is 0 Å². The van der Waals surface area contributed by atoms with Crippen molar-refractivity contribution in [1.82, 2.24) is 0 Å². The molecule has 2 heterocycles. The zero-order chi connectivity index (χ0) is 17.4. The summed E-state index contributed by atoms with van der Waals surface area (Å²) < 4.78 is 15.4. The van der Waals surface area contributed by atoms with E-state index in [2.05, 4.69) is 0 Å². The Morgan fingerprint density at radius 1 is 0.760 bits per heavy atom. The normalized spacial score (nSPS) is 47.0. The Hall–Kier alpha value is 1.56. The number of hydrogen-bond acceptors (Lipinski definition) is 11. The van der Waals surface area contributed by atoms with Crippen LogP contribution in [0.5, 0.6) is 0 Å². The van der Waals surface area contributed by atoms with Crippen molar-refractivity contribution in [3.05, 3.63) is 0 Å². The first-order chi connectivity index (χ1) is 10.8. The third-order valence-electron chi connectivity index (χ3n) is 4.07. The van der Waals surface area contributed by atoms with E-state index in [1.54, 1.807) is 0 Å². The van der Waals surface area contributed by atoms with Crippen LogP contribution in [-0.4, -0.2) is 175 Å². The summed E-state index contributed by atoms with van der Waals surface area (Å²) in [5.74, 6) is -2.22. The number of rotatable bonds is 5. The third kappa shape index (κ3) is 5.14. The van der Waals surface area contributed by atoms with Crippen LogP contribution in [0, 0.1) is 0 Å². The van der Waals surface area contributed by atoms with Gasteiger partial charge in [0.2, 0.25) is 5.79 Å².